The van der Waals surface area contributed by atoms with Crippen LogP contribution < -0.4 is 10.1 Å². The van der Waals surface area contributed by atoms with Gasteiger partial charge >= 0.3 is 0 Å². The molecule has 1 fully saturated rings. The summed E-state index contributed by atoms with van der Waals surface area (Å²) < 4.78 is 11.6. The smallest absolute Gasteiger partial charge is 0.124 e. The van der Waals surface area contributed by atoms with Gasteiger partial charge in [0.15, 0.2) is 0 Å². The average molecular weight is 291 g/mol. The van der Waals surface area contributed by atoms with Gasteiger partial charge in [0.1, 0.15) is 5.75 Å². The summed E-state index contributed by atoms with van der Waals surface area (Å²) in [6.45, 7) is 8.31. The van der Waals surface area contributed by atoms with Crippen molar-refractivity contribution in [2.75, 3.05) is 20.3 Å². The van der Waals surface area contributed by atoms with E-state index in [9.17, 15) is 0 Å². The van der Waals surface area contributed by atoms with Gasteiger partial charge in [0.25, 0.3) is 0 Å². The number of nitrogens with one attached hydrogen (secondary N) is 1. The molecule has 0 radical (unpaired) electrons. The second kappa shape index (κ2) is 7.81. The lowest BCUT2D eigenvalue weighted by Gasteiger charge is -2.29. The van der Waals surface area contributed by atoms with Crippen LogP contribution in [-0.4, -0.2) is 26.4 Å². The summed E-state index contributed by atoms with van der Waals surface area (Å²) in [4.78, 5) is 0. The average Bonchev–Trinajstić information content (AvgIpc) is 2.47. The summed E-state index contributed by atoms with van der Waals surface area (Å²) in [5, 5.41) is 3.62. The highest BCUT2D eigenvalue weighted by molar-refractivity contribution is 5.45. The minimum atomic E-state index is 0.300. The van der Waals surface area contributed by atoms with Crippen molar-refractivity contribution < 1.29 is 9.47 Å². The second-order valence-corrected chi connectivity index (χ2v) is 6.03. The Labute approximate surface area is 129 Å². The molecule has 3 heteroatoms. The van der Waals surface area contributed by atoms with E-state index in [2.05, 4.69) is 38.2 Å². The topological polar surface area (TPSA) is 30.5 Å². The summed E-state index contributed by atoms with van der Waals surface area (Å²) in [5.74, 6) is 0.995. The molecule has 1 aromatic carbocycles. The molecule has 2 atom stereocenters. The Morgan fingerprint density at radius 2 is 2.14 bits per heavy atom. The van der Waals surface area contributed by atoms with E-state index in [1.807, 2.05) is 0 Å². The standard InChI is InChI=1S/C18H29NO2/c1-5-19-16(12-15-8-6-7-9-21-15)18-14(3)10-13(2)11-17(18)20-4/h10-11,15-16,19H,5-9,12H2,1-4H3. The zero-order valence-electron chi connectivity index (χ0n) is 13.9. The van der Waals surface area contributed by atoms with Gasteiger partial charge in [-0.2, -0.15) is 0 Å². The normalized spacial score (nSPS) is 20.3. The fourth-order valence-electron chi connectivity index (χ4n) is 3.36. The molecule has 1 aliphatic heterocycles. The van der Waals surface area contributed by atoms with Crippen LogP contribution in [-0.2, 0) is 4.74 Å². The summed E-state index contributed by atoms with van der Waals surface area (Å²) in [6, 6.07) is 4.67. The first-order chi connectivity index (χ1) is 10.2. The van der Waals surface area contributed by atoms with Gasteiger partial charge in [-0.05, 0) is 63.3 Å². The summed E-state index contributed by atoms with van der Waals surface area (Å²) in [6.07, 6.45) is 5.06. The number of hydrogen-bond donors (Lipinski definition) is 1. The molecule has 1 saturated heterocycles. The van der Waals surface area contributed by atoms with Crippen LogP contribution in [0, 0.1) is 13.8 Å². The maximum absolute atomic E-state index is 5.93. The molecule has 1 aliphatic rings. The van der Waals surface area contributed by atoms with Crippen LogP contribution >= 0.6 is 0 Å². The Bertz CT molecular complexity index is 453. The lowest BCUT2D eigenvalue weighted by molar-refractivity contribution is 0.00498. The molecule has 1 heterocycles. The van der Waals surface area contributed by atoms with Crippen LogP contribution in [0.1, 0.15) is 55.3 Å². The highest BCUT2D eigenvalue weighted by atomic mass is 16.5. The fourth-order valence-corrected chi connectivity index (χ4v) is 3.36. The van der Waals surface area contributed by atoms with Gasteiger partial charge in [0.2, 0.25) is 0 Å². The largest absolute Gasteiger partial charge is 0.496 e. The maximum atomic E-state index is 5.93. The third kappa shape index (κ3) is 4.21. The number of hydrogen-bond acceptors (Lipinski definition) is 3. The lowest BCUT2D eigenvalue weighted by Crippen LogP contribution is -2.29. The second-order valence-electron chi connectivity index (χ2n) is 6.03. The van der Waals surface area contributed by atoms with Gasteiger partial charge in [0.05, 0.1) is 13.2 Å². The Morgan fingerprint density at radius 3 is 2.76 bits per heavy atom. The first-order valence-corrected chi connectivity index (χ1v) is 8.15. The SMILES string of the molecule is CCNC(CC1CCCCO1)c1c(C)cc(C)cc1OC. The molecular formula is C18H29NO2. The summed E-state index contributed by atoms with van der Waals surface area (Å²) in [7, 11) is 1.76. The molecule has 0 bridgehead atoms. The molecular weight excluding hydrogens is 262 g/mol. The van der Waals surface area contributed by atoms with E-state index < -0.39 is 0 Å². The fraction of sp³-hybridized carbons (Fsp3) is 0.667. The Balaban J connectivity index is 2.24. The van der Waals surface area contributed by atoms with Gasteiger partial charge in [-0.15, -0.1) is 0 Å². The number of benzene rings is 1. The Hall–Kier alpha value is -1.06. The third-order valence-electron chi connectivity index (χ3n) is 4.28. The Kier molecular flexibility index (Phi) is 6.07. The van der Waals surface area contributed by atoms with Crippen LogP contribution in [0.2, 0.25) is 0 Å². The van der Waals surface area contributed by atoms with E-state index in [1.54, 1.807) is 7.11 Å². The van der Waals surface area contributed by atoms with Crippen molar-refractivity contribution in [3.05, 3.63) is 28.8 Å². The quantitative estimate of drug-likeness (QED) is 0.861. The molecule has 2 unspecified atom stereocenters. The van der Waals surface area contributed by atoms with Crippen molar-refractivity contribution in [1.29, 1.82) is 0 Å². The van der Waals surface area contributed by atoms with Crippen molar-refractivity contribution in [3.63, 3.8) is 0 Å². The van der Waals surface area contributed by atoms with Crippen LogP contribution in [0.5, 0.6) is 5.75 Å². The zero-order chi connectivity index (χ0) is 15.2. The van der Waals surface area contributed by atoms with E-state index >= 15 is 0 Å². The van der Waals surface area contributed by atoms with Crippen molar-refractivity contribution in [1.82, 2.24) is 5.32 Å². The Morgan fingerprint density at radius 1 is 1.33 bits per heavy atom. The molecule has 1 aromatic rings. The van der Waals surface area contributed by atoms with Crippen LogP contribution in [0.4, 0.5) is 0 Å². The predicted molar refractivity (Wildman–Crippen MR) is 87.1 cm³/mol. The minimum Gasteiger partial charge on any atom is -0.496 e. The van der Waals surface area contributed by atoms with Crippen molar-refractivity contribution in [2.24, 2.45) is 0 Å². The summed E-state index contributed by atoms with van der Waals surface area (Å²) in [5.41, 5.74) is 3.84. The van der Waals surface area contributed by atoms with E-state index in [0.717, 1.165) is 25.3 Å². The molecule has 0 spiro atoms. The van der Waals surface area contributed by atoms with Gasteiger partial charge in [-0.1, -0.05) is 13.0 Å². The maximum Gasteiger partial charge on any atom is 0.124 e. The van der Waals surface area contributed by atoms with Crippen LogP contribution in [0.25, 0.3) is 0 Å². The first kappa shape index (κ1) is 16.3. The summed E-state index contributed by atoms with van der Waals surface area (Å²) >= 11 is 0. The molecule has 1 N–H and O–H groups in total. The molecule has 0 saturated carbocycles. The molecule has 118 valence electrons. The van der Waals surface area contributed by atoms with E-state index in [4.69, 9.17) is 9.47 Å². The van der Waals surface area contributed by atoms with Gasteiger partial charge in [-0.25, -0.2) is 0 Å². The van der Waals surface area contributed by atoms with E-state index in [0.29, 0.717) is 12.1 Å². The number of ether oxygens (including phenoxy) is 2. The third-order valence-corrected chi connectivity index (χ3v) is 4.28. The van der Waals surface area contributed by atoms with Gasteiger partial charge in [-0.3, -0.25) is 0 Å². The molecule has 0 aliphatic carbocycles. The molecule has 3 nitrogen and oxygen atoms in total. The number of rotatable bonds is 6. The highest BCUT2D eigenvalue weighted by Gasteiger charge is 2.24. The first-order valence-electron chi connectivity index (χ1n) is 8.15. The monoisotopic (exact) mass is 291 g/mol. The molecule has 0 aromatic heterocycles. The van der Waals surface area contributed by atoms with E-state index in [1.165, 1.54) is 36.0 Å². The molecule has 2 rings (SSSR count). The number of methoxy groups -OCH3 is 1. The van der Waals surface area contributed by atoms with Crippen LogP contribution in [0.15, 0.2) is 12.1 Å². The minimum absolute atomic E-state index is 0.300. The molecule has 0 amide bonds. The van der Waals surface area contributed by atoms with E-state index in [-0.39, 0.29) is 0 Å². The highest BCUT2D eigenvalue weighted by Crippen LogP contribution is 2.34. The predicted octanol–water partition coefficient (Wildman–Crippen LogP) is 3.92. The number of aryl methyl sites for hydroxylation is 2. The van der Waals surface area contributed by atoms with Crippen LogP contribution in [0.3, 0.4) is 0 Å². The lowest BCUT2D eigenvalue weighted by atomic mass is 9.92. The van der Waals surface area contributed by atoms with Crippen molar-refractivity contribution >= 4 is 0 Å². The van der Waals surface area contributed by atoms with Gasteiger partial charge in [0, 0.05) is 18.2 Å². The van der Waals surface area contributed by atoms with Crippen molar-refractivity contribution in [2.45, 2.75) is 58.6 Å². The zero-order valence-corrected chi connectivity index (χ0v) is 13.9. The molecule has 21 heavy (non-hydrogen) atoms. The van der Waals surface area contributed by atoms with Crippen molar-refractivity contribution in [3.8, 4) is 5.75 Å². The van der Waals surface area contributed by atoms with Gasteiger partial charge < -0.3 is 14.8 Å².